The highest BCUT2D eigenvalue weighted by Gasteiger charge is 2.44. The highest BCUT2D eigenvalue weighted by molar-refractivity contribution is 6.15. The standard InChI is InChI=1S/C24H18F3NO5/c1-32-17-9-7-15(8-10-17)20-19(21(29)18-6-3-11-33-18)22(30)23(31)28(20)13-14-4-2-5-16(12-14)24(25,26)27/h2-12,20,30H,13H2,1H3. The zero-order chi connectivity index (χ0) is 23.8. The van der Waals surface area contributed by atoms with Gasteiger partial charge >= 0.3 is 6.18 Å². The summed E-state index contributed by atoms with van der Waals surface area (Å²) in [6, 6.07) is 12.8. The molecular formula is C24H18F3NO5. The molecule has 0 radical (unpaired) electrons. The number of methoxy groups -OCH3 is 1. The van der Waals surface area contributed by atoms with E-state index in [4.69, 9.17) is 9.15 Å². The SMILES string of the molecule is COc1ccc(C2C(C(=O)c3ccco3)=C(O)C(=O)N2Cc2cccc(C(F)(F)F)c2)cc1. The number of benzene rings is 2. The second-order valence-corrected chi connectivity index (χ2v) is 7.38. The van der Waals surface area contributed by atoms with Crippen molar-refractivity contribution in [2.45, 2.75) is 18.8 Å². The smallest absolute Gasteiger partial charge is 0.416 e. The van der Waals surface area contributed by atoms with Crippen molar-refractivity contribution in [3.05, 3.63) is 101 Å². The van der Waals surface area contributed by atoms with Crippen molar-refractivity contribution in [3.63, 3.8) is 0 Å². The number of carbonyl (C=O) groups is 2. The van der Waals surface area contributed by atoms with Crippen LogP contribution in [-0.2, 0) is 17.5 Å². The van der Waals surface area contributed by atoms with E-state index in [0.717, 1.165) is 17.0 Å². The van der Waals surface area contributed by atoms with Gasteiger partial charge in [0.2, 0.25) is 5.78 Å². The van der Waals surface area contributed by atoms with Crippen LogP contribution in [-0.4, -0.2) is 28.8 Å². The fourth-order valence-corrected chi connectivity index (χ4v) is 3.76. The van der Waals surface area contributed by atoms with Gasteiger partial charge in [0.05, 0.1) is 30.6 Å². The largest absolute Gasteiger partial charge is 0.503 e. The second kappa shape index (κ2) is 8.50. The van der Waals surface area contributed by atoms with Gasteiger partial charge in [0.1, 0.15) is 5.75 Å². The number of halogens is 3. The zero-order valence-electron chi connectivity index (χ0n) is 17.3. The molecule has 0 bridgehead atoms. The Hall–Kier alpha value is -4.01. The van der Waals surface area contributed by atoms with Crippen LogP contribution in [0.2, 0.25) is 0 Å². The molecular weight excluding hydrogens is 439 g/mol. The van der Waals surface area contributed by atoms with Crippen molar-refractivity contribution in [3.8, 4) is 5.75 Å². The molecule has 170 valence electrons. The molecule has 2 aromatic carbocycles. The summed E-state index contributed by atoms with van der Waals surface area (Å²) in [5.41, 5.74) is -0.421. The summed E-state index contributed by atoms with van der Waals surface area (Å²) >= 11 is 0. The number of hydrogen-bond acceptors (Lipinski definition) is 5. The maximum atomic E-state index is 13.2. The molecule has 0 aliphatic carbocycles. The number of aliphatic hydroxyl groups is 1. The number of ketones is 1. The Kier molecular flexibility index (Phi) is 5.71. The summed E-state index contributed by atoms with van der Waals surface area (Å²) in [4.78, 5) is 27.2. The Morgan fingerprint density at radius 1 is 1.12 bits per heavy atom. The molecule has 1 aliphatic rings. The minimum absolute atomic E-state index is 0.0798. The monoisotopic (exact) mass is 457 g/mol. The molecule has 1 aromatic heterocycles. The number of Topliss-reactive ketones (excluding diaryl/α,β-unsaturated/α-hetero) is 1. The molecule has 33 heavy (non-hydrogen) atoms. The lowest BCUT2D eigenvalue weighted by Crippen LogP contribution is -2.30. The number of hydrogen-bond donors (Lipinski definition) is 1. The number of ether oxygens (including phenoxy) is 1. The van der Waals surface area contributed by atoms with E-state index in [9.17, 15) is 27.9 Å². The van der Waals surface area contributed by atoms with E-state index in [1.165, 1.54) is 37.6 Å². The maximum absolute atomic E-state index is 13.2. The van der Waals surface area contributed by atoms with Crippen molar-refractivity contribution in [2.24, 2.45) is 0 Å². The number of furan rings is 1. The molecule has 0 saturated heterocycles. The predicted octanol–water partition coefficient (Wildman–Crippen LogP) is 5.09. The van der Waals surface area contributed by atoms with Crippen molar-refractivity contribution in [1.29, 1.82) is 0 Å². The van der Waals surface area contributed by atoms with Gasteiger partial charge in [-0.05, 0) is 47.5 Å². The van der Waals surface area contributed by atoms with Crippen LogP contribution >= 0.6 is 0 Å². The minimum Gasteiger partial charge on any atom is -0.503 e. The fourth-order valence-electron chi connectivity index (χ4n) is 3.76. The summed E-state index contributed by atoms with van der Waals surface area (Å²) in [6.07, 6.45) is -3.27. The number of rotatable bonds is 6. The van der Waals surface area contributed by atoms with Crippen LogP contribution in [0.4, 0.5) is 13.2 Å². The van der Waals surface area contributed by atoms with Crippen molar-refractivity contribution in [1.82, 2.24) is 4.90 Å². The van der Waals surface area contributed by atoms with Crippen molar-refractivity contribution in [2.75, 3.05) is 7.11 Å². The van der Waals surface area contributed by atoms with Crippen LogP contribution < -0.4 is 4.74 Å². The first-order chi connectivity index (χ1) is 15.7. The number of aliphatic hydroxyl groups excluding tert-OH is 1. The summed E-state index contributed by atoms with van der Waals surface area (Å²) in [5, 5.41) is 10.6. The summed E-state index contributed by atoms with van der Waals surface area (Å²) in [5.74, 6) is -1.89. The Morgan fingerprint density at radius 3 is 2.45 bits per heavy atom. The average Bonchev–Trinajstić information content (AvgIpc) is 3.42. The lowest BCUT2D eigenvalue weighted by atomic mass is 9.94. The average molecular weight is 457 g/mol. The quantitative estimate of drug-likeness (QED) is 0.522. The number of nitrogens with zero attached hydrogens (tertiary/aromatic N) is 1. The Balaban J connectivity index is 1.77. The number of carbonyl (C=O) groups excluding carboxylic acids is 2. The van der Waals surface area contributed by atoms with Gasteiger partial charge in [0, 0.05) is 6.54 Å². The molecule has 1 N–H and O–H groups in total. The normalized spacial score (nSPS) is 16.4. The Bertz CT molecular complexity index is 1210. The van der Waals surface area contributed by atoms with Gasteiger partial charge < -0.3 is 19.2 Å². The molecule has 0 saturated carbocycles. The van der Waals surface area contributed by atoms with Crippen LogP contribution in [0.1, 0.15) is 33.3 Å². The topological polar surface area (TPSA) is 80.0 Å². The zero-order valence-corrected chi connectivity index (χ0v) is 17.3. The molecule has 4 rings (SSSR count). The van der Waals surface area contributed by atoms with E-state index in [1.807, 2.05) is 0 Å². The van der Waals surface area contributed by atoms with E-state index in [1.54, 1.807) is 24.3 Å². The van der Waals surface area contributed by atoms with E-state index in [-0.39, 0.29) is 23.4 Å². The molecule has 1 unspecified atom stereocenters. The highest BCUT2D eigenvalue weighted by atomic mass is 19.4. The Morgan fingerprint density at radius 2 is 1.85 bits per heavy atom. The summed E-state index contributed by atoms with van der Waals surface area (Å²) in [7, 11) is 1.48. The lowest BCUT2D eigenvalue weighted by Gasteiger charge is -2.27. The van der Waals surface area contributed by atoms with Crippen LogP contribution in [0, 0.1) is 0 Å². The molecule has 0 fully saturated rings. The van der Waals surface area contributed by atoms with Gasteiger partial charge in [-0.2, -0.15) is 13.2 Å². The van der Waals surface area contributed by atoms with Gasteiger partial charge in [-0.3, -0.25) is 9.59 Å². The molecule has 1 amide bonds. The summed E-state index contributed by atoms with van der Waals surface area (Å²) < 4.78 is 49.8. The third-order valence-electron chi connectivity index (χ3n) is 5.33. The van der Waals surface area contributed by atoms with Crippen LogP contribution in [0.5, 0.6) is 5.75 Å². The third kappa shape index (κ3) is 4.21. The molecule has 3 aromatic rings. The van der Waals surface area contributed by atoms with E-state index >= 15 is 0 Å². The van der Waals surface area contributed by atoms with E-state index in [2.05, 4.69) is 0 Å². The summed E-state index contributed by atoms with van der Waals surface area (Å²) in [6.45, 7) is -0.265. The van der Waals surface area contributed by atoms with Gasteiger partial charge in [-0.15, -0.1) is 0 Å². The molecule has 6 nitrogen and oxygen atoms in total. The third-order valence-corrected chi connectivity index (χ3v) is 5.33. The second-order valence-electron chi connectivity index (χ2n) is 7.38. The van der Waals surface area contributed by atoms with Crippen LogP contribution in [0.15, 0.2) is 82.7 Å². The molecule has 1 atom stereocenters. The highest BCUT2D eigenvalue weighted by Crippen LogP contribution is 2.40. The predicted molar refractivity (Wildman–Crippen MR) is 110 cm³/mol. The first kappa shape index (κ1) is 22.2. The van der Waals surface area contributed by atoms with Gasteiger partial charge in [-0.1, -0.05) is 24.3 Å². The first-order valence-electron chi connectivity index (χ1n) is 9.83. The first-order valence-corrected chi connectivity index (χ1v) is 9.83. The number of amides is 1. The van der Waals surface area contributed by atoms with Crippen LogP contribution in [0.25, 0.3) is 0 Å². The Labute approximate surface area is 186 Å². The fraction of sp³-hybridized carbons (Fsp3) is 0.167. The van der Waals surface area contributed by atoms with E-state index < -0.39 is 35.2 Å². The lowest BCUT2D eigenvalue weighted by molar-refractivity contribution is -0.137. The maximum Gasteiger partial charge on any atom is 0.416 e. The molecule has 1 aliphatic heterocycles. The van der Waals surface area contributed by atoms with E-state index in [0.29, 0.717) is 11.3 Å². The molecule has 2 heterocycles. The number of alkyl halides is 3. The van der Waals surface area contributed by atoms with Gasteiger partial charge in [0.25, 0.3) is 5.91 Å². The minimum atomic E-state index is -4.55. The molecule has 0 spiro atoms. The van der Waals surface area contributed by atoms with Crippen LogP contribution in [0.3, 0.4) is 0 Å². The molecule has 9 heteroatoms. The van der Waals surface area contributed by atoms with Crippen molar-refractivity contribution >= 4 is 11.7 Å². The van der Waals surface area contributed by atoms with Gasteiger partial charge in [0.15, 0.2) is 11.5 Å². The van der Waals surface area contributed by atoms with Crippen molar-refractivity contribution < 1.29 is 37.0 Å². The van der Waals surface area contributed by atoms with Gasteiger partial charge in [-0.25, -0.2) is 0 Å².